The van der Waals surface area contributed by atoms with Crippen molar-refractivity contribution in [2.24, 2.45) is 0 Å². The van der Waals surface area contributed by atoms with E-state index < -0.39 is 0 Å². The number of rotatable bonds is 2. The van der Waals surface area contributed by atoms with Crippen LogP contribution in [-0.2, 0) is 4.79 Å². The highest BCUT2D eigenvalue weighted by Gasteiger charge is 2.32. The van der Waals surface area contributed by atoms with Crippen molar-refractivity contribution in [2.75, 3.05) is 0 Å². The summed E-state index contributed by atoms with van der Waals surface area (Å²) in [7, 11) is 0. The fourth-order valence-corrected chi connectivity index (χ4v) is 2.41. The van der Waals surface area contributed by atoms with Gasteiger partial charge in [-0.15, -0.1) is 0 Å². The summed E-state index contributed by atoms with van der Waals surface area (Å²) in [6.07, 6.45) is 1.63. The van der Waals surface area contributed by atoms with Crippen LogP contribution in [-0.4, -0.2) is 16.4 Å². The van der Waals surface area contributed by atoms with E-state index >= 15 is 0 Å². The van der Waals surface area contributed by atoms with Crippen molar-refractivity contribution in [3.05, 3.63) is 22.4 Å². The predicted octanol–water partition coefficient (Wildman–Crippen LogP) is 1.86. The van der Waals surface area contributed by atoms with E-state index in [0.717, 1.165) is 17.4 Å². The molecule has 1 aliphatic heterocycles. The zero-order valence-corrected chi connectivity index (χ0v) is 9.87. The molecule has 1 aromatic heterocycles. The van der Waals surface area contributed by atoms with E-state index in [4.69, 9.17) is 0 Å². The number of nitrogens with one attached hydrogen (secondary N) is 1. The van der Waals surface area contributed by atoms with Crippen LogP contribution in [0.25, 0.3) is 0 Å². The minimum absolute atomic E-state index is 0.216. The lowest BCUT2D eigenvalue weighted by Gasteiger charge is -2.25. The van der Waals surface area contributed by atoms with Gasteiger partial charge in [0.25, 0.3) is 5.91 Å². The summed E-state index contributed by atoms with van der Waals surface area (Å²) in [6.45, 7) is 2.01. The van der Waals surface area contributed by atoms with E-state index in [0.29, 0.717) is 5.69 Å². The first kappa shape index (κ1) is 10.4. The second-order valence-corrected chi connectivity index (χ2v) is 4.35. The lowest BCUT2D eigenvalue weighted by molar-refractivity contribution is -0.124. The minimum atomic E-state index is -0.321. The van der Waals surface area contributed by atoms with Gasteiger partial charge in [0.15, 0.2) is 0 Å². The first-order valence-corrected chi connectivity index (χ1v) is 5.66. The highest BCUT2D eigenvalue weighted by atomic mass is 79.9. The topological polar surface area (TPSA) is 51.1 Å². The number of imide groups is 1. The molecule has 80 valence electrons. The van der Waals surface area contributed by atoms with Gasteiger partial charge in [-0.25, -0.2) is 0 Å². The molecule has 2 amide bonds. The Kier molecular flexibility index (Phi) is 2.65. The van der Waals surface area contributed by atoms with Crippen molar-refractivity contribution in [1.29, 1.82) is 0 Å². The summed E-state index contributed by atoms with van der Waals surface area (Å²) >= 11 is 3.35. The van der Waals surface area contributed by atoms with Crippen LogP contribution in [0.5, 0.6) is 0 Å². The Morgan fingerprint density at radius 1 is 1.47 bits per heavy atom. The van der Waals surface area contributed by atoms with E-state index in [1.165, 1.54) is 0 Å². The van der Waals surface area contributed by atoms with Gasteiger partial charge in [0, 0.05) is 0 Å². The molecule has 2 rings (SSSR count). The van der Waals surface area contributed by atoms with Gasteiger partial charge in [-0.05, 0) is 34.5 Å². The third kappa shape index (κ3) is 1.61. The summed E-state index contributed by atoms with van der Waals surface area (Å²) in [5.41, 5.74) is 0.542. The number of fused-ring (bicyclic) bond motifs is 1. The molecule has 1 aromatic rings. The van der Waals surface area contributed by atoms with E-state index in [-0.39, 0.29) is 17.9 Å². The molecule has 0 unspecified atom stereocenters. The molecule has 1 N–H and O–H groups in total. The number of aromatic nitrogens is 1. The Morgan fingerprint density at radius 2 is 2.20 bits per heavy atom. The highest BCUT2D eigenvalue weighted by molar-refractivity contribution is 9.10. The normalized spacial score (nSPS) is 20.0. The Balaban J connectivity index is 2.49. The van der Waals surface area contributed by atoms with Crippen molar-refractivity contribution in [3.63, 3.8) is 0 Å². The summed E-state index contributed by atoms with van der Waals surface area (Å²) in [5, 5.41) is 2.36. The standard InChI is InChI=1S/C10H11BrN2O2/c1-2-3-6-9(14)12-10(15)7-4-5-8(11)13(6)7/h4-6H,2-3H2,1H3,(H,12,14,15)/t6-/m1/s1. The number of carbonyl (C=O) groups excluding carboxylic acids is 2. The maximum absolute atomic E-state index is 11.6. The molecule has 0 spiro atoms. The molecule has 5 heteroatoms. The van der Waals surface area contributed by atoms with Gasteiger partial charge in [0.1, 0.15) is 11.7 Å². The zero-order chi connectivity index (χ0) is 11.0. The van der Waals surface area contributed by atoms with E-state index in [2.05, 4.69) is 21.2 Å². The third-order valence-electron chi connectivity index (χ3n) is 2.51. The van der Waals surface area contributed by atoms with Crippen molar-refractivity contribution in [2.45, 2.75) is 25.8 Å². The number of halogens is 1. The number of carbonyl (C=O) groups is 2. The molecule has 0 aromatic carbocycles. The fraction of sp³-hybridized carbons (Fsp3) is 0.400. The number of hydrogen-bond donors (Lipinski definition) is 1. The molecule has 15 heavy (non-hydrogen) atoms. The van der Waals surface area contributed by atoms with Crippen molar-refractivity contribution >= 4 is 27.7 Å². The van der Waals surface area contributed by atoms with Crippen LogP contribution in [0, 0.1) is 0 Å². The molecule has 0 fully saturated rings. The van der Waals surface area contributed by atoms with Gasteiger partial charge in [0.2, 0.25) is 5.91 Å². The van der Waals surface area contributed by atoms with E-state index in [1.54, 1.807) is 16.7 Å². The largest absolute Gasteiger partial charge is 0.319 e. The molecular weight excluding hydrogens is 260 g/mol. The molecule has 0 bridgehead atoms. The van der Waals surface area contributed by atoms with Gasteiger partial charge in [-0.3, -0.25) is 14.9 Å². The minimum Gasteiger partial charge on any atom is -0.319 e. The maximum atomic E-state index is 11.6. The Morgan fingerprint density at radius 3 is 2.87 bits per heavy atom. The first-order valence-electron chi connectivity index (χ1n) is 4.87. The quantitative estimate of drug-likeness (QED) is 0.835. The maximum Gasteiger partial charge on any atom is 0.274 e. The molecule has 1 aliphatic rings. The number of amides is 2. The molecule has 0 saturated carbocycles. The molecule has 1 atom stereocenters. The van der Waals surface area contributed by atoms with Crippen molar-refractivity contribution < 1.29 is 9.59 Å². The van der Waals surface area contributed by atoms with Crippen LogP contribution in [0.15, 0.2) is 16.7 Å². The summed E-state index contributed by atoms with van der Waals surface area (Å²) < 4.78 is 2.53. The van der Waals surface area contributed by atoms with Crippen LogP contribution >= 0.6 is 15.9 Å². The van der Waals surface area contributed by atoms with Gasteiger partial charge in [-0.1, -0.05) is 13.3 Å². The smallest absolute Gasteiger partial charge is 0.274 e. The second kappa shape index (κ2) is 3.81. The number of nitrogens with zero attached hydrogens (tertiary/aromatic N) is 1. The monoisotopic (exact) mass is 270 g/mol. The molecule has 4 nitrogen and oxygen atoms in total. The average molecular weight is 271 g/mol. The molecular formula is C10H11BrN2O2. The van der Waals surface area contributed by atoms with Gasteiger partial charge in [-0.2, -0.15) is 0 Å². The van der Waals surface area contributed by atoms with Gasteiger partial charge in [0.05, 0.1) is 4.60 Å². The molecule has 0 radical (unpaired) electrons. The Hall–Kier alpha value is -1.10. The predicted molar refractivity (Wildman–Crippen MR) is 58.6 cm³/mol. The van der Waals surface area contributed by atoms with Crippen LogP contribution in [0.2, 0.25) is 0 Å². The van der Waals surface area contributed by atoms with Crippen LogP contribution in [0.1, 0.15) is 36.3 Å². The Bertz CT molecular complexity index is 425. The first-order chi connectivity index (χ1) is 7.15. The number of hydrogen-bond acceptors (Lipinski definition) is 2. The third-order valence-corrected chi connectivity index (χ3v) is 3.16. The molecule has 0 saturated heterocycles. The van der Waals surface area contributed by atoms with Gasteiger partial charge < -0.3 is 4.57 Å². The lowest BCUT2D eigenvalue weighted by Crippen LogP contribution is -2.43. The van der Waals surface area contributed by atoms with E-state index in [1.807, 2.05) is 6.92 Å². The van der Waals surface area contributed by atoms with Crippen molar-refractivity contribution in [1.82, 2.24) is 9.88 Å². The van der Waals surface area contributed by atoms with Gasteiger partial charge >= 0.3 is 0 Å². The summed E-state index contributed by atoms with van der Waals surface area (Å²) in [6, 6.07) is 3.23. The lowest BCUT2D eigenvalue weighted by atomic mass is 10.1. The fourth-order valence-electron chi connectivity index (χ4n) is 1.84. The highest BCUT2D eigenvalue weighted by Crippen LogP contribution is 2.27. The average Bonchev–Trinajstić information content (AvgIpc) is 2.56. The molecule has 0 aliphatic carbocycles. The Labute approximate surface area is 95.8 Å². The van der Waals surface area contributed by atoms with Crippen LogP contribution < -0.4 is 5.32 Å². The summed E-state index contributed by atoms with van der Waals surface area (Å²) in [5.74, 6) is -0.538. The van der Waals surface area contributed by atoms with Crippen LogP contribution in [0.4, 0.5) is 0 Å². The van der Waals surface area contributed by atoms with E-state index in [9.17, 15) is 9.59 Å². The van der Waals surface area contributed by atoms with Crippen LogP contribution in [0.3, 0.4) is 0 Å². The van der Waals surface area contributed by atoms with Crippen molar-refractivity contribution in [3.8, 4) is 0 Å². The second-order valence-electron chi connectivity index (χ2n) is 3.53. The summed E-state index contributed by atoms with van der Waals surface area (Å²) in [4.78, 5) is 23.1. The SMILES string of the molecule is CCC[C@@H]1C(=O)NC(=O)c2ccc(Br)n21. The molecule has 2 heterocycles. The zero-order valence-electron chi connectivity index (χ0n) is 8.29.